The van der Waals surface area contributed by atoms with Crippen LogP contribution < -0.4 is 26.0 Å². The van der Waals surface area contributed by atoms with Gasteiger partial charge < -0.3 is 19.8 Å². The van der Waals surface area contributed by atoms with Crippen LogP contribution in [0.3, 0.4) is 0 Å². The second-order valence-corrected chi connectivity index (χ2v) is 7.09. The number of nitrogens with one attached hydrogen (secondary N) is 2. The molecule has 0 unspecified atom stereocenters. The van der Waals surface area contributed by atoms with Gasteiger partial charge in [-0.2, -0.15) is 5.10 Å². The third-order valence-electron chi connectivity index (χ3n) is 4.78. The van der Waals surface area contributed by atoms with E-state index in [0.717, 1.165) is 4.68 Å². The predicted molar refractivity (Wildman–Crippen MR) is 125 cm³/mol. The highest BCUT2D eigenvalue weighted by Crippen LogP contribution is 2.27. The molecule has 0 aliphatic rings. The minimum Gasteiger partial charge on any atom is -0.493 e. The Bertz CT molecular complexity index is 1490. The van der Waals surface area contributed by atoms with E-state index in [1.807, 2.05) is 0 Å². The minimum atomic E-state index is -0.668. The maximum atomic E-state index is 13.0. The molecule has 0 saturated carbocycles. The summed E-state index contributed by atoms with van der Waals surface area (Å²) in [5.74, 6) is -0.222. The van der Waals surface area contributed by atoms with Gasteiger partial charge in [0.15, 0.2) is 18.1 Å². The van der Waals surface area contributed by atoms with Crippen molar-refractivity contribution in [2.75, 3.05) is 19.0 Å². The maximum absolute atomic E-state index is 13.0. The van der Waals surface area contributed by atoms with Gasteiger partial charge >= 0.3 is 5.69 Å². The molecule has 4 aromatic rings. The number of carbonyl (C=O) groups excluding carboxylic acids is 1. The molecule has 0 spiro atoms. The summed E-state index contributed by atoms with van der Waals surface area (Å²) >= 11 is 0. The zero-order valence-corrected chi connectivity index (χ0v) is 17.9. The molecule has 0 saturated heterocycles. The van der Waals surface area contributed by atoms with E-state index in [1.165, 1.54) is 37.6 Å². The van der Waals surface area contributed by atoms with Gasteiger partial charge in [0.25, 0.3) is 11.5 Å². The largest absolute Gasteiger partial charge is 0.493 e. The van der Waals surface area contributed by atoms with E-state index in [-0.39, 0.29) is 6.61 Å². The molecule has 0 aliphatic carbocycles. The molecule has 0 aliphatic heterocycles. The van der Waals surface area contributed by atoms with Crippen LogP contribution >= 0.6 is 0 Å². The quantitative estimate of drug-likeness (QED) is 0.410. The second kappa shape index (κ2) is 9.82. The lowest BCUT2D eigenvalue weighted by molar-refractivity contribution is -0.118. The van der Waals surface area contributed by atoms with Crippen LogP contribution in [0.15, 0.2) is 81.4 Å². The maximum Gasteiger partial charge on any atom is 0.349 e. The van der Waals surface area contributed by atoms with Crippen LogP contribution in [0.2, 0.25) is 0 Å². The lowest BCUT2D eigenvalue weighted by Crippen LogP contribution is -2.32. The minimum absolute atomic E-state index is 0.301. The van der Waals surface area contributed by atoms with Crippen molar-refractivity contribution in [3.63, 3.8) is 0 Å². The van der Waals surface area contributed by atoms with Gasteiger partial charge in [-0.25, -0.2) is 9.18 Å². The van der Waals surface area contributed by atoms with Gasteiger partial charge in [0.1, 0.15) is 5.82 Å². The summed E-state index contributed by atoms with van der Waals surface area (Å²) in [7, 11) is 1.43. The summed E-state index contributed by atoms with van der Waals surface area (Å²) in [6.07, 6.45) is 1.33. The first kappa shape index (κ1) is 22.5. The third kappa shape index (κ3) is 5.01. The van der Waals surface area contributed by atoms with Crippen molar-refractivity contribution in [1.82, 2.24) is 9.66 Å². The number of H-pyrrole nitrogens is 1. The number of anilines is 1. The van der Waals surface area contributed by atoms with Crippen LogP contribution in [0, 0.1) is 5.82 Å². The van der Waals surface area contributed by atoms with E-state index in [4.69, 9.17) is 9.47 Å². The third-order valence-corrected chi connectivity index (χ3v) is 4.78. The number of carbonyl (C=O) groups is 1. The number of hydrogen-bond donors (Lipinski definition) is 2. The topological polar surface area (TPSA) is 115 Å². The molecule has 1 aromatic heterocycles. The van der Waals surface area contributed by atoms with Crippen LogP contribution in [0.4, 0.5) is 10.1 Å². The van der Waals surface area contributed by atoms with Gasteiger partial charge in [-0.05, 0) is 60.2 Å². The molecule has 3 aromatic carbocycles. The molecule has 172 valence electrons. The number of methoxy groups -OCH3 is 1. The molecule has 10 heteroatoms. The Kier molecular flexibility index (Phi) is 6.49. The Morgan fingerprint density at radius 2 is 1.85 bits per heavy atom. The molecule has 0 fully saturated rings. The van der Waals surface area contributed by atoms with Gasteiger partial charge in [-0.15, -0.1) is 4.68 Å². The highest BCUT2D eigenvalue weighted by molar-refractivity contribution is 5.92. The van der Waals surface area contributed by atoms with E-state index >= 15 is 0 Å². The Labute approximate surface area is 192 Å². The molecular formula is C24H19FN4O5. The Balaban J connectivity index is 1.48. The first-order chi connectivity index (χ1) is 16.4. The molecule has 1 amide bonds. The fourth-order valence-corrected chi connectivity index (χ4v) is 3.14. The van der Waals surface area contributed by atoms with E-state index in [9.17, 15) is 18.8 Å². The van der Waals surface area contributed by atoms with Crippen molar-refractivity contribution in [3.05, 3.63) is 98.9 Å². The summed E-state index contributed by atoms with van der Waals surface area (Å²) in [5, 5.41) is 6.93. The highest BCUT2D eigenvalue weighted by atomic mass is 19.1. The Morgan fingerprint density at radius 3 is 2.62 bits per heavy atom. The van der Waals surface area contributed by atoms with Gasteiger partial charge in [-0.1, -0.05) is 12.1 Å². The van der Waals surface area contributed by atoms with Crippen molar-refractivity contribution >= 4 is 28.7 Å². The van der Waals surface area contributed by atoms with E-state index < -0.39 is 23.0 Å². The lowest BCUT2D eigenvalue weighted by atomic mass is 10.2. The molecule has 9 nitrogen and oxygen atoms in total. The van der Waals surface area contributed by atoms with Crippen LogP contribution in [0.25, 0.3) is 10.9 Å². The molecule has 0 bridgehead atoms. The van der Waals surface area contributed by atoms with E-state index in [0.29, 0.717) is 33.7 Å². The average molecular weight is 462 g/mol. The zero-order chi connectivity index (χ0) is 24.1. The van der Waals surface area contributed by atoms with E-state index in [1.54, 1.807) is 42.5 Å². The number of amides is 1. The SMILES string of the molecule is COc1cc(C=Nn2c(=O)[nH]c3ccccc3c2=O)ccc1OCC(=O)Nc1ccc(F)cc1. The number of aromatic nitrogens is 2. The van der Waals surface area contributed by atoms with Crippen molar-refractivity contribution < 1.29 is 18.7 Å². The normalized spacial score (nSPS) is 11.0. The van der Waals surface area contributed by atoms with Gasteiger partial charge in [0.05, 0.1) is 24.2 Å². The van der Waals surface area contributed by atoms with E-state index in [2.05, 4.69) is 15.4 Å². The number of benzene rings is 3. The number of rotatable bonds is 7. The van der Waals surface area contributed by atoms with Crippen LogP contribution in [-0.2, 0) is 4.79 Å². The van der Waals surface area contributed by atoms with Gasteiger partial charge in [0.2, 0.25) is 0 Å². The number of halogens is 1. The molecular weight excluding hydrogens is 443 g/mol. The number of nitrogens with zero attached hydrogens (tertiary/aromatic N) is 2. The number of fused-ring (bicyclic) bond motifs is 1. The van der Waals surface area contributed by atoms with Crippen LogP contribution in [-0.4, -0.2) is 35.5 Å². The fraction of sp³-hybridized carbons (Fsp3) is 0.0833. The van der Waals surface area contributed by atoms with Crippen molar-refractivity contribution in [1.29, 1.82) is 0 Å². The Hall–Kier alpha value is -4.73. The predicted octanol–water partition coefficient (Wildman–Crippen LogP) is 2.74. The number of aromatic amines is 1. The fourth-order valence-electron chi connectivity index (χ4n) is 3.14. The number of ether oxygens (including phenoxy) is 2. The first-order valence-corrected chi connectivity index (χ1v) is 10.1. The summed E-state index contributed by atoms with van der Waals surface area (Å²) in [6.45, 7) is -0.303. The zero-order valence-electron chi connectivity index (χ0n) is 17.9. The molecule has 4 rings (SSSR count). The van der Waals surface area contributed by atoms with Gasteiger partial charge in [0, 0.05) is 5.69 Å². The average Bonchev–Trinajstić information content (AvgIpc) is 2.84. The van der Waals surface area contributed by atoms with Crippen molar-refractivity contribution in [2.45, 2.75) is 0 Å². The monoisotopic (exact) mass is 462 g/mol. The highest BCUT2D eigenvalue weighted by Gasteiger charge is 2.10. The summed E-state index contributed by atoms with van der Waals surface area (Å²) in [4.78, 5) is 39.5. The summed E-state index contributed by atoms with van der Waals surface area (Å²) in [5.41, 5.74) is 0.177. The smallest absolute Gasteiger partial charge is 0.349 e. The molecule has 0 radical (unpaired) electrons. The van der Waals surface area contributed by atoms with Crippen LogP contribution in [0.5, 0.6) is 11.5 Å². The molecule has 2 N–H and O–H groups in total. The number of para-hydroxylation sites is 1. The van der Waals surface area contributed by atoms with Gasteiger partial charge in [-0.3, -0.25) is 9.59 Å². The Morgan fingerprint density at radius 1 is 1.09 bits per heavy atom. The second-order valence-electron chi connectivity index (χ2n) is 7.09. The molecule has 0 atom stereocenters. The molecule has 34 heavy (non-hydrogen) atoms. The summed E-state index contributed by atoms with van der Waals surface area (Å²) < 4.78 is 24.5. The number of hydrogen-bond acceptors (Lipinski definition) is 6. The lowest BCUT2D eigenvalue weighted by Gasteiger charge is -2.11. The van der Waals surface area contributed by atoms with Crippen molar-refractivity contribution in [2.24, 2.45) is 5.10 Å². The van der Waals surface area contributed by atoms with Crippen LogP contribution in [0.1, 0.15) is 5.56 Å². The summed E-state index contributed by atoms with van der Waals surface area (Å²) in [6, 6.07) is 16.8. The molecule has 1 heterocycles. The standard InChI is InChI=1S/C24H19FN4O5/c1-33-21-12-15(13-26-29-23(31)18-4-2-3-5-19(18)28-24(29)32)6-11-20(21)34-14-22(30)27-17-9-7-16(25)8-10-17/h2-13H,14H2,1H3,(H,27,30)(H,28,32). The van der Waals surface area contributed by atoms with Crippen molar-refractivity contribution in [3.8, 4) is 11.5 Å². The first-order valence-electron chi connectivity index (χ1n) is 10.1.